The first-order chi connectivity index (χ1) is 8.25. The molecule has 1 heterocycles. The number of benzene rings is 1. The first kappa shape index (κ1) is 11.9. The van der Waals surface area contributed by atoms with E-state index >= 15 is 0 Å². The lowest BCUT2D eigenvalue weighted by Gasteiger charge is -2.10. The van der Waals surface area contributed by atoms with Gasteiger partial charge in [-0.1, -0.05) is 18.2 Å². The van der Waals surface area contributed by atoms with E-state index in [9.17, 15) is 9.90 Å². The SMILES string of the molecule is O=C(Cc1ccccc1O)NCC1CCNC1. The molecule has 4 nitrogen and oxygen atoms in total. The minimum atomic E-state index is -0.0293. The second-order valence-corrected chi connectivity index (χ2v) is 4.47. The van der Waals surface area contributed by atoms with Crippen LogP contribution in [0.25, 0.3) is 0 Å². The fourth-order valence-corrected chi connectivity index (χ4v) is 2.04. The van der Waals surface area contributed by atoms with E-state index in [-0.39, 0.29) is 18.1 Å². The lowest BCUT2D eigenvalue weighted by atomic mass is 10.1. The molecule has 2 rings (SSSR count). The first-order valence-electron chi connectivity index (χ1n) is 6.00. The summed E-state index contributed by atoms with van der Waals surface area (Å²) in [4.78, 5) is 11.7. The summed E-state index contributed by atoms with van der Waals surface area (Å²) < 4.78 is 0. The van der Waals surface area contributed by atoms with E-state index in [1.165, 1.54) is 0 Å². The number of hydrogen-bond acceptors (Lipinski definition) is 3. The summed E-state index contributed by atoms with van der Waals surface area (Å²) >= 11 is 0. The molecular weight excluding hydrogens is 216 g/mol. The third-order valence-corrected chi connectivity index (χ3v) is 3.09. The Hall–Kier alpha value is -1.55. The zero-order valence-electron chi connectivity index (χ0n) is 9.78. The number of phenols is 1. The van der Waals surface area contributed by atoms with Gasteiger partial charge in [0.05, 0.1) is 6.42 Å². The summed E-state index contributed by atoms with van der Waals surface area (Å²) in [5.74, 6) is 0.701. The molecule has 0 saturated carbocycles. The first-order valence-corrected chi connectivity index (χ1v) is 6.00. The maximum Gasteiger partial charge on any atom is 0.224 e. The molecule has 0 bridgehead atoms. The van der Waals surface area contributed by atoms with Crippen molar-refractivity contribution in [3.63, 3.8) is 0 Å². The predicted molar refractivity (Wildman–Crippen MR) is 65.8 cm³/mol. The maximum absolute atomic E-state index is 11.7. The van der Waals surface area contributed by atoms with Gasteiger partial charge < -0.3 is 15.7 Å². The van der Waals surface area contributed by atoms with Crippen LogP contribution < -0.4 is 10.6 Å². The third-order valence-electron chi connectivity index (χ3n) is 3.09. The number of hydrogen-bond donors (Lipinski definition) is 3. The number of nitrogens with one attached hydrogen (secondary N) is 2. The molecule has 4 heteroatoms. The van der Waals surface area contributed by atoms with E-state index in [0.29, 0.717) is 11.5 Å². The van der Waals surface area contributed by atoms with Crippen LogP contribution >= 0.6 is 0 Å². The Morgan fingerprint density at radius 3 is 3.00 bits per heavy atom. The molecule has 1 fully saturated rings. The van der Waals surface area contributed by atoms with Crippen LogP contribution in [-0.2, 0) is 11.2 Å². The average molecular weight is 234 g/mol. The van der Waals surface area contributed by atoms with Gasteiger partial charge in [0.1, 0.15) is 5.75 Å². The highest BCUT2D eigenvalue weighted by Crippen LogP contribution is 2.15. The molecule has 0 spiro atoms. The van der Waals surface area contributed by atoms with Crippen LogP contribution in [0.3, 0.4) is 0 Å². The normalized spacial score (nSPS) is 19.2. The Morgan fingerprint density at radius 2 is 2.29 bits per heavy atom. The zero-order chi connectivity index (χ0) is 12.1. The van der Waals surface area contributed by atoms with Gasteiger partial charge in [0.15, 0.2) is 0 Å². The molecule has 1 aliphatic heterocycles. The Bertz CT molecular complexity index is 387. The zero-order valence-corrected chi connectivity index (χ0v) is 9.78. The fraction of sp³-hybridized carbons (Fsp3) is 0.462. The Morgan fingerprint density at radius 1 is 1.47 bits per heavy atom. The number of phenolic OH excluding ortho intramolecular Hbond substituents is 1. The number of carbonyl (C=O) groups excluding carboxylic acids is 1. The Kier molecular flexibility index (Phi) is 3.98. The summed E-state index contributed by atoms with van der Waals surface area (Å²) in [7, 11) is 0. The molecule has 1 aromatic rings. The molecule has 1 aliphatic rings. The van der Waals surface area contributed by atoms with Gasteiger partial charge in [-0.3, -0.25) is 4.79 Å². The molecule has 1 atom stereocenters. The summed E-state index contributed by atoms with van der Waals surface area (Å²) in [6, 6.07) is 6.94. The van der Waals surface area contributed by atoms with Crippen LogP contribution in [0.5, 0.6) is 5.75 Å². The van der Waals surface area contributed by atoms with Crippen molar-refractivity contribution >= 4 is 5.91 Å². The van der Waals surface area contributed by atoms with Crippen molar-refractivity contribution in [3.8, 4) is 5.75 Å². The molecule has 3 N–H and O–H groups in total. The topological polar surface area (TPSA) is 61.4 Å². The highest BCUT2D eigenvalue weighted by Gasteiger charge is 2.15. The van der Waals surface area contributed by atoms with Crippen LogP contribution in [0.15, 0.2) is 24.3 Å². The van der Waals surface area contributed by atoms with Gasteiger partial charge in [0.25, 0.3) is 0 Å². The van der Waals surface area contributed by atoms with Crippen LogP contribution in [-0.4, -0.2) is 30.6 Å². The summed E-state index contributed by atoms with van der Waals surface area (Å²) in [6.45, 7) is 2.75. The van der Waals surface area contributed by atoms with Gasteiger partial charge >= 0.3 is 0 Å². The van der Waals surface area contributed by atoms with Crippen molar-refractivity contribution in [1.82, 2.24) is 10.6 Å². The predicted octanol–water partition coefficient (Wildman–Crippen LogP) is 0.660. The molecule has 1 unspecified atom stereocenters. The number of aromatic hydroxyl groups is 1. The van der Waals surface area contributed by atoms with E-state index in [1.54, 1.807) is 18.2 Å². The van der Waals surface area contributed by atoms with Gasteiger partial charge in [-0.05, 0) is 31.5 Å². The van der Waals surface area contributed by atoms with Crippen molar-refractivity contribution in [1.29, 1.82) is 0 Å². The number of amides is 1. The number of rotatable bonds is 4. The molecule has 1 amide bonds. The van der Waals surface area contributed by atoms with E-state index in [1.807, 2.05) is 6.07 Å². The van der Waals surface area contributed by atoms with Crippen LogP contribution in [0.1, 0.15) is 12.0 Å². The lowest BCUT2D eigenvalue weighted by Crippen LogP contribution is -2.31. The maximum atomic E-state index is 11.7. The average Bonchev–Trinajstić information content (AvgIpc) is 2.82. The van der Waals surface area contributed by atoms with Crippen molar-refractivity contribution in [3.05, 3.63) is 29.8 Å². The second kappa shape index (κ2) is 5.68. The lowest BCUT2D eigenvalue weighted by molar-refractivity contribution is -0.120. The summed E-state index contributed by atoms with van der Waals surface area (Å²) in [6.07, 6.45) is 1.36. The fourth-order valence-electron chi connectivity index (χ4n) is 2.04. The van der Waals surface area contributed by atoms with E-state index in [0.717, 1.165) is 26.1 Å². The second-order valence-electron chi connectivity index (χ2n) is 4.47. The number of para-hydroxylation sites is 1. The number of carbonyl (C=O) groups is 1. The van der Waals surface area contributed by atoms with Gasteiger partial charge in [-0.2, -0.15) is 0 Å². The molecule has 1 saturated heterocycles. The van der Waals surface area contributed by atoms with Gasteiger partial charge in [0.2, 0.25) is 5.91 Å². The Balaban J connectivity index is 1.79. The molecule has 92 valence electrons. The van der Waals surface area contributed by atoms with Gasteiger partial charge in [-0.25, -0.2) is 0 Å². The standard InChI is InChI=1S/C13H18N2O2/c16-12-4-2-1-3-11(12)7-13(17)15-9-10-5-6-14-8-10/h1-4,10,14,16H,5-9H2,(H,15,17). The molecule has 1 aromatic carbocycles. The minimum absolute atomic E-state index is 0.0293. The quantitative estimate of drug-likeness (QED) is 0.717. The highest BCUT2D eigenvalue weighted by atomic mass is 16.3. The molecular formula is C13H18N2O2. The monoisotopic (exact) mass is 234 g/mol. The molecule has 0 aromatic heterocycles. The largest absolute Gasteiger partial charge is 0.508 e. The van der Waals surface area contributed by atoms with Crippen molar-refractivity contribution in [2.45, 2.75) is 12.8 Å². The molecule has 17 heavy (non-hydrogen) atoms. The highest BCUT2D eigenvalue weighted by molar-refractivity contribution is 5.79. The smallest absolute Gasteiger partial charge is 0.224 e. The van der Waals surface area contributed by atoms with Crippen molar-refractivity contribution in [2.75, 3.05) is 19.6 Å². The van der Waals surface area contributed by atoms with Crippen molar-refractivity contribution < 1.29 is 9.90 Å². The summed E-state index contributed by atoms with van der Waals surface area (Å²) in [5, 5.41) is 15.7. The van der Waals surface area contributed by atoms with Gasteiger partial charge in [-0.15, -0.1) is 0 Å². The molecule has 0 radical (unpaired) electrons. The van der Waals surface area contributed by atoms with Crippen LogP contribution in [0, 0.1) is 5.92 Å². The van der Waals surface area contributed by atoms with E-state index in [2.05, 4.69) is 10.6 Å². The third kappa shape index (κ3) is 3.46. The van der Waals surface area contributed by atoms with Gasteiger partial charge in [0, 0.05) is 12.1 Å². The minimum Gasteiger partial charge on any atom is -0.508 e. The van der Waals surface area contributed by atoms with E-state index < -0.39 is 0 Å². The van der Waals surface area contributed by atoms with E-state index in [4.69, 9.17) is 0 Å². The van der Waals surface area contributed by atoms with Crippen LogP contribution in [0.4, 0.5) is 0 Å². The Labute approximate surface area is 101 Å². The van der Waals surface area contributed by atoms with Crippen LogP contribution in [0.2, 0.25) is 0 Å². The van der Waals surface area contributed by atoms with Crippen molar-refractivity contribution in [2.24, 2.45) is 5.92 Å². The summed E-state index contributed by atoms with van der Waals surface area (Å²) in [5.41, 5.74) is 0.676. The molecule has 0 aliphatic carbocycles.